The number of carbonyl (C=O) groups is 2. The molecule has 2 aromatic heterocycles. The number of likely N-dealkylation sites (tertiary alicyclic amines) is 1. The molecule has 10 heteroatoms. The molecular weight excluding hydrogens is 479 g/mol. The van der Waals surface area contributed by atoms with Crippen LogP contribution >= 0.6 is 0 Å². The zero-order chi connectivity index (χ0) is 26.4. The number of aromatic nitrogens is 2. The van der Waals surface area contributed by atoms with Crippen LogP contribution in [0.2, 0.25) is 0 Å². The molecule has 1 aliphatic heterocycles. The highest BCUT2D eigenvalue weighted by molar-refractivity contribution is 6.01. The topological polar surface area (TPSA) is 125 Å². The number of aliphatic hydroxyl groups is 1. The lowest BCUT2D eigenvalue weighted by Crippen LogP contribution is -2.37. The Morgan fingerprint density at radius 3 is 2.59 bits per heavy atom. The van der Waals surface area contributed by atoms with Gasteiger partial charge < -0.3 is 25.0 Å². The minimum Gasteiger partial charge on any atom is -0.505 e. The van der Waals surface area contributed by atoms with Crippen molar-refractivity contribution in [3.63, 3.8) is 0 Å². The first kappa shape index (κ1) is 26.3. The van der Waals surface area contributed by atoms with Crippen molar-refractivity contribution >= 4 is 22.8 Å². The van der Waals surface area contributed by atoms with Crippen LogP contribution in [0.15, 0.2) is 41.3 Å². The largest absolute Gasteiger partial charge is 0.505 e. The van der Waals surface area contributed by atoms with Crippen LogP contribution < -0.4 is 10.9 Å². The van der Waals surface area contributed by atoms with E-state index in [2.05, 4.69) is 10.3 Å². The molecule has 0 spiro atoms. The van der Waals surface area contributed by atoms with Crippen molar-refractivity contribution in [2.45, 2.75) is 45.1 Å². The molecule has 3 N–H and O–H groups in total. The van der Waals surface area contributed by atoms with Gasteiger partial charge in [-0.25, -0.2) is 4.39 Å². The van der Waals surface area contributed by atoms with Crippen molar-refractivity contribution < 1.29 is 24.2 Å². The number of piperidine rings is 1. The summed E-state index contributed by atoms with van der Waals surface area (Å²) in [5.74, 6) is -1.48. The molecule has 1 fully saturated rings. The lowest BCUT2D eigenvalue weighted by atomic mass is 10.0. The summed E-state index contributed by atoms with van der Waals surface area (Å²) in [4.78, 5) is 44.6. The smallest absolute Gasteiger partial charge is 0.267 e. The molecule has 1 saturated heterocycles. The molecule has 3 aromatic rings. The molecule has 0 bridgehead atoms. The van der Waals surface area contributed by atoms with Crippen LogP contribution in [-0.4, -0.2) is 62.7 Å². The number of halogens is 1. The lowest BCUT2D eigenvalue weighted by molar-refractivity contribution is -0.133. The molecule has 0 unspecified atom stereocenters. The number of hydrogen-bond acceptors (Lipinski definition) is 6. The number of nitrogens with zero attached hydrogens (tertiary/aromatic N) is 3. The van der Waals surface area contributed by atoms with Crippen molar-refractivity contribution in [2.24, 2.45) is 0 Å². The highest BCUT2D eigenvalue weighted by Gasteiger charge is 2.24. The van der Waals surface area contributed by atoms with E-state index in [4.69, 9.17) is 5.11 Å². The number of aromatic hydroxyl groups is 1. The van der Waals surface area contributed by atoms with Crippen LogP contribution in [0, 0.1) is 5.82 Å². The van der Waals surface area contributed by atoms with Gasteiger partial charge in [-0.15, -0.1) is 0 Å². The summed E-state index contributed by atoms with van der Waals surface area (Å²) in [5.41, 5.74) is 1.03. The van der Waals surface area contributed by atoms with Crippen molar-refractivity contribution in [3.05, 3.63) is 69.4 Å². The van der Waals surface area contributed by atoms with Crippen LogP contribution in [-0.2, 0) is 17.8 Å². The third kappa shape index (κ3) is 6.14. The van der Waals surface area contributed by atoms with Gasteiger partial charge in [-0.3, -0.25) is 19.4 Å². The second-order valence-corrected chi connectivity index (χ2v) is 9.22. The summed E-state index contributed by atoms with van der Waals surface area (Å²) in [6, 6.07) is 7.82. The second-order valence-electron chi connectivity index (χ2n) is 9.22. The molecule has 0 atom stereocenters. The third-order valence-electron chi connectivity index (χ3n) is 6.54. The summed E-state index contributed by atoms with van der Waals surface area (Å²) in [6.07, 6.45) is 5.14. The van der Waals surface area contributed by atoms with Gasteiger partial charge in [0.1, 0.15) is 16.9 Å². The average molecular weight is 511 g/mol. The monoisotopic (exact) mass is 510 g/mol. The van der Waals surface area contributed by atoms with Crippen molar-refractivity contribution in [1.29, 1.82) is 0 Å². The number of fused-ring (bicyclic) bond motifs is 1. The van der Waals surface area contributed by atoms with Crippen LogP contribution in [0.5, 0.6) is 5.75 Å². The van der Waals surface area contributed by atoms with Gasteiger partial charge in [-0.2, -0.15) is 0 Å². The second kappa shape index (κ2) is 12.0. The summed E-state index contributed by atoms with van der Waals surface area (Å²) >= 11 is 0. The number of benzene rings is 1. The molecular formula is C27H31FN4O5. The standard InChI is InChI=1S/C27H31FN4O5/c28-20-8-6-18(7-9-20)15-19-16-21-24(30-17-19)25(35)23(26(36)29-10-3-14-33)27(37)32(21)13-4-12-31-11-2-1-5-22(31)34/h6-9,16-17,33,35H,1-5,10-15H2,(H,29,36). The van der Waals surface area contributed by atoms with E-state index in [-0.39, 0.29) is 36.9 Å². The van der Waals surface area contributed by atoms with Gasteiger partial charge in [0.2, 0.25) is 5.91 Å². The molecule has 0 aliphatic carbocycles. The zero-order valence-electron chi connectivity index (χ0n) is 20.6. The first-order chi connectivity index (χ1) is 17.9. The Labute approximate surface area is 213 Å². The molecule has 196 valence electrons. The number of hydrogen-bond donors (Lipinski definition) is 3. The van der Waals surface area contributed by atoms with Crippen molar-refractivity contribution in [2.75, 3.05) is 26.2 Å². The summed E-state index contributed by atoms with van der Waals surface area (Å²) < 4.78 is 14.7. The lowest BCUT2D eigenvalue weighted by Gasteiger charge is -2.26. The molecule has 37 heavy (non-hydrogen) atoms. The molecule has 0 radical (unpaired) electrons. The average Bonchev–Trinajstić information content (AvgIpc) is 2.88. The number of aryl methyl sites for hydroxylation is 1. The van der Waals surface area contributed by atoms with Crippen LogP contribution in [0.1, 0.15) is 53.6 Å². The number of rotatable bonds is 10. The Morgan fingerprint density at radius 1 is 1.08 bits per heavy atom. The van der Waals surface area contributed by atoms with E-state index in [1.807, 2.05) is 0 Å². The molecule has 4 rings (SSSR count). The number of carbonyl (C=O) groups excluding carboxylic acids is 2. The van der Waals surface area contributed by atoms with Crippen molar-refractivity contribution in [1.82, 2.24) is 19.8 Å². The van der Waals surface area contributed by atoms with Crippen LogP contribution in [0.3, 0.4) is 0 Å². The van der Waals surface area contributed by atoms with E-state index in [1.165, 1.54) is 16.7 Å². The van der Waals surface area contributed by atoms with Gasteiger partial charge in [0.15, 0.2) is 5.75 Å². The molecule has 3 heterocycles. The van der Waals surface area contributed by atoms with E-state index in [1.54, 1.807) is 29.3 Å². The SMILES string of the molecule is O=C(NCCCO)c1c(O)c2ncc(Cc3ccc(F)cc3)cc2n(CCCN2CCCCC2=O)c1=O. The minimum absolute atomic E-state index is 0.0985. The van der Waals surface area contributed by atoms with Gasteiger partial charge >= 0.3 is 0 Å². The predicted octanol–water partition coefficient (Wildman–Crippen LogP) is 2.35. The molecule has 1 aliphatic rings. The first-order valence-corrected chi connectivity index (χ1v) is 12.5. The zero-order valence-corrected chi connectivity index (χ0v) is 20.6. The van der Waals surface area contributed by atoms with E-state index in [0.717, 1.165) is 24.0 Å². The van der Waals surface area contributed by atoms with Gasteiger partial charge in [-0.1, -0.05) is 12.1 Å². The van der Waals surface area contributed by atoms with Gasteiger partial charge in [0.25, 0.3) is 11.5 Å². The fraction of sp³-hybridized carbons (Fsp3) is 0.407. The fourth-order valence-corrected chi connectivity index (χ4v) is 4.60. The Morgan fingerprint density at radius 2 is 1.86 bits per heavy atom. The van der Waals surface area contributed by atoms with E-state index in [9.17, 15) is 23.9 Å². The Bertz CT molecular complexity index is 1340. The molecule has 9 nitrogen and oxygen atoms in total. The maximum absolute atomic E-state index is 13.5. The highest BCUT2D eigenvalue weighted by atomic mass is 19.1. The quantitative estimate of drug-likeness (QED) is 0.360. The number of amides is 2. The van der Waals surface area contributed by atoms with Crippen LogP contribution in [0.4, 0.5) is 4.39 Å². The summed E-state index contributed by atoms with van der Waals surface area (Å²) in [6.45, 7) is 1.41. The maximum Gasteiger partial charge on any atom is 0.267 e. The normalized spacial score (nSPS) is 13.8. The predicted molar refractivity (Wildman–Crippen MR) is 136 cm³/mol. The third-order valence-corrected chi connectivity index (χ3v) is 6.54. The number of aliphatic hydroxyl groups excluding tert-OH is 1. The Hall–Kier alpha value is -3.79. The minimum atomic E-state index is -0.741. The maximum atomic E-state index is 13.5. The Kier molecular flexibility index (Phi) is 8.50. The molecule has 0 saturated carbocycles. The summed E-state index contributed by atoms with van der Waals surface area (Å²) in [5, 5.41) is 22.4. The highest BCUT2D eigenvalue weighted by Crippen LogP contribution is 2.26. The number of pyridine rings is 2. The number of nitrogens with one attached hydrogen (secondary N) is 1. The van der Waals surface area contributed by atoms with Gasteiger partial charge in [0.05, 0.1) is 5.52 Å². The fourth-order valence-electron chi connectivity index (χ4n) is 4.60. The summed E-state index contributed by atoms with van der Waals surface area (Å²) in [7, 11) is 0. The Balaban J connectivity index is 1.69. The van der Waals surface area contributed by atoms with E-state index >= 15 is 0 Å². The molecule has 1 aromatic carbocycles. The van der Waals surface area contributed by atoms with Crippen LogP contribution in [0.25, 0.3) is 11.0 Å². The van der Waals surface area contributed by atoms with Crippen molar-refractivity contribution in [3.8, 4) is 5.75 Å². The molecule has 2 amide bonds. The van der Waals surface area contributed by atoms with Gasteiger partial charge in [0, 0.05) is 45.4 Å². The van der Waals surface area contributed by atoms with E-state index in [0.29, 0.717) is 44.3 Å². The van der Waals surface area contributed by atoms with E-state index < -0.39 is 22.8 Å². The first-order valence-electron chi connectivity index (χ1n) is 12.5. The van der Waals surface area contributed by atoms with Gasteiger partial charge in [-0.05, 0) is 61.4 Å².